The highest BCUT2D eigenvalue weighted by Crippen LogP contribution is 2.43. The van der Waals surface area contributed by atoms with Crippen molar-refractivity contribution in [3.05, 3.63) is 71.3 Å². The molecule has 34 heavy (non-hydrogen) atoms. The van der Waals surface area contributed by atoms with E-state index in [2.05, 4.69) is 17.0 Å². The van der Waals surface area contributed by atoms with E-state index in [4.69, 9.17) is 14.2 Å². The predicted molar refractivity (Wildman–Crippen MR) is 131 cm³/mol. The summed E-state index contributed by atoms with van der Waals surface area (Å²) in [4.78, 5) is 26.7. The van der Waals surface area contributed by atoms with Crippen LogP contribution in [0.15, 0.2) is 60.2 Å². The van der Waals surface area contributed by atoms with Gasteiger partial charge in [-0.2, -0.15) is 0 Å². The molecule has 0 aromatic heterocycles. The number of carbonyl (C=O) groups excluding carboxylic acids is 2. The van der Waals surface area contributed by atoms with Crippen LogP contribution in [0.4, 0.5) is 5.69 Å². The van der Waals surface area contributed by atoms with E-state index in [1.807, 2.05) is 57.2 Å². The fraction of sp³-hybridized carbons (Fsp3) is 0.429. The molecule has 1 heterocycles. The zero-order valence-electron chi connectivity index (χ0n) is 20.4. The summed E-state index contributed by atoms with van der Waals surface area (Å²) in [7, 11) is 1.40. The first-order valence-corrected chi connectivity index (χ1v) is 11.8. The summed E-state index contributed by atoms with van der Waals surface area (Å²) in [5, 5.41) is 0. The van der Waals surface area contributed by atoms with Crippen LogP contribution in [0.1, 0.15) is 44.7 Å². The quantitative estimate of drug-likeness (QED) is 0.432. The summed E-state index contributed by atoms with van der Waals surface area (Å²) < 4.78 is 16.8. The second-order valence-electron chi connectivity index (χ2n) is 9.98. The Balaban J connectivity index is 1.63. The molecule has 0 unspecified atom stereocenters. The van der Waals surface area contributed by atoms with E-state index < -0.39 is 5.60 Å². The number of anilines is 1. The molecule has 1 saturated carbocycles. The predicted octanol–water partition coefficient (Wildman–Crippen LogP) is 4.85. The van der Waals surface area contributed by atoms with Crippen LogP contribution in [-0.4, -0.2) is 37.3 Å². The van der Waals surface area contributed by atoms with Gasteiger partial charge in [0, 0.05) is 12.6 Å². The topological polar surface area (TPSA) is 65.1 Å². The Labute approximate surface area is 201 Å². The number of benzene rings is 2. The van der Waals surface area contributed by atoms with Crippen LogP contribution in [0.5, 0.6) is 5.75 Å². The number of hydrogen-bond donors (Lipinski definition) is 0. The summed E-state index contributed by atoms with van der Waals surface area (Å²) in [6.45, 7) is 6.91. The van der Waals surface area contributed by atoms with Gasteiger partial charge in [-0.15, -0.1) is 0 Å². The van der Waals surface area contributed by atoms with Crippen LogP contribution in [0.25, 0.3) is 0 Å². The molecule has 6 nitrogen and oxygen atoms in total. The molecule has 6 heteroatoms. The summed E-state index contributed by atoms with van der Waals surface area (Å²) >= 11 is 0. The summed E-state index contributed by atoms with van der Waals surface area (Å²) in [5.41, 5.74) is 3.46. The molecule has 0 spiro atoms. The Morgan fingerprint density at radius 1 is 1.09 bits per heavy atom. The van der Waals surface area contributed by atoms with Crippen molar-refractivity contribution in [2.75, 3.05) is 18.6 Å². The lowest BCUT2D eigenvalue weighted by atomic mass is 10.00. The largest absolute Gasteiger partial charge is 0.482 e. The fourth-order valence-corrected chi connectivity index (χ4v) is 4.27. The number of rotatable bonds is 7. The van der Waals surface area contributed by atoms with Crippen molar-refractivity contribution in [3.63, 3.8) is 0 Å². The molecule has 2 aromatic rings. The van der Waals surface area contributed by atoms with Gasteiger partial charge in [-0.1, -0.05) is 36.4 Å². The number of nitrogens with zero attached hydrogens (tertiary/aromatic N) is 1. The van der Waals surface area contributed by atoms with Crippen LogP contribution < -0.4 is 9.64 Å². The lowest BCUT2D eigenvalue weighted by molar-refractivity contribution is -0.153. The molecule has 1 fully saturated rings. The first-order chi connectivity index (χ1) is 16.2. The molecule has 0 amide bonds. The van der Waals surface area contributed by atoms with E-state index in [1.54, 1.807) is 6.08 Å². The second kappa shape index (κ2) is 9.92. The van der Waals surface area contributed by atoms with Gasteiger partial charge in [-0.05, 0) is 68.4 Å². The highest BCUT2D eigenvalue weighted by atomic mass is 16.6. The molecule has 1 aliphatic carbocycles. The summed E-state index contributed by atoms with van der Waals surface area (Å²) in [6.07, 6.45) is 3.68. The van der Waals surface area contributed by atoms with Gasteiger partial charge in [-0.25, -0.2) is 4.79 Å². The third-order valence-electron chi connectivity index (χ3n) is 5.91. The first-order valence-electron chi connectivity index (χ1n) is 11.8. The number of methoxy groups -OCH3 is 1. The molecule has 180 valence electrons. The average Bonchev–Trinajstić information content (AvgIpc) is 3.62. The van der Waals surface area contributed by atoms with E-state index in [1.165, 1.54) is 12.7 Å². The minimum Gasteiger partial charge on any atom is -0.482 e. The standard InChI is InChI=1S/C28H33NO5/c1-28(2,3)34-27(31)15-20-10-13-24-23(14-20)29(17-19-8-6-5-7-9-19)18-25(33-24)22(21-11-12-21)16-26(30)32-4/h5-10,13-14,16,21,25H,11-12,15,17-18H2,1-4H3/b22-16+/t25-/m1/s1. The smallest absolute Gasteiger partial charge is 0.330 e. The van der Waals surface area contributed by atoms with Crippen molar-refractivity contribution in [1.29, 1.82) is 0 Å². The molecule has 4 rings (SSSR count). The zero-order chi connectivity index (χ0) is 24.3. The van der Waals surface area contributed by atoms with Gasteiger partial charge in [-0.3, -0.25) is 4.79 Å². The van der Waals surface area contributed by atoms with Crippen LogP contribution in [-0.2, 0) is 32.0 Å². The van der Waals surface area contributed by atoms with E-state index in [0.29, 0.717) is 19.0 Å². The van der Waals surface area contributed by atoms with Gasteiger partial charge in [0.2, 0.25) is 0 Å². The van der Waals surface area contributed by atoms with Gasteiger partial charge >= 0.3 is 11.9 Å². The van der Waals surface area contributed by atoms with Gasteiger partial charge in [0.25, 0.3) is 0 Å². The molecule has 0 N–H and O–H groups in total. The number of esters is 2. The molecule has 0 bridgehead atoms. The lowest BCUT2D eigenvalue weighted by Gasteiger charge is -2.38. The van der Waals surface area contributed by atoms with E-state index in [9.17, 15) is 9.59 Å². The van der Waals surface area contributed by atoms with Crippen LogP contribution in [0.3, 0.4) is 0 Å². The normalized spacial score (nSPS) is 18.1. The molecular weight excluding hydrogens is 430 g/mol. The Morgan fingerprint density at radius 2 is 1.82 bits per heavy atom. The molecular formula is C28H33NO5. The first kappa shape index (κ1) is 23.9. The SMILES string of the molecule is COC(=O)/C=C(\C1CC1)[C@H]1CN(Cc2ccccc2)c2cc(CC(=O)OC(C)(C)C)ccc2O1. The number of carbonyl (C=O) groups is 2. The average molecular weight is 464 g/mol. The lowest BCUT2D eigenvalue weighted by Crippen LogP contribution is -2.41. The Kier molecular flexibility index (Phi) is 6.96. The molecule has 0 radical (unpaired) electrons. The minimum absolute atomic E-state index is 0.197. The van der Waals surface area contributed by atoms with Crippen molar-refractivity contribution < 1.29 is 23.8 Å². The Hall–Kier alpha value is -3.28. The van der Waals surface area contributed by atoms with Crippen molar-refractivity contribution in [2.24, 2.45) is 5.92 Å². The van der Waals surface area contributed by atoms with Crippen molar-refractivity contribution in [3.8, 4) is 5.75 Å². The van der Waals surface area contributed by atoms with E-state index in [-0.39, 0.29) is 24.5 Å². The van der Waals surface area contributed by atoms with Gasteiger partial charge in [0.1, 0.15) is 17.5 Å². The maximum Gasteiger partial charge on any atom is 0.330 e. The maximum absolute atomic E-state index is 12.4. The van der Waals surface area contributed by atoms with Crippen LogP contribution >= 0.6 is 0 Å². The van der Waals surface area contributed by atoms with Crippen LogP contribution in [0.2, 0.25) is 0 Å². The molecule has 0 saturated heterocycles. The monoisotopic (exact) mass is 463 g/mol. The number of hydrogen-bond acceptors (Lipinski definition) is 6. The maximum atomic E-state index is 12.4. The van der Waals surface area contributed by atoms with Crippen LogP contribution in [0, 0.1) is 5.92 Å². The van der Waals surface area contributed by atoms with Crippen molar-refractivity contribution >= 4 is 17.6 Å². The Morgan fingerprint density at radius 3 is 2.47 bits per heavy atom. The van der Waals surface area contributed by atoms with E-state index >= 15 is 0 Å². The zero-order valence-corrected chi connectivity index (χ0v) is 20.4. The fourth-order valence-electron chi connectivity index (χ4n) is 4.27. The van der Waals surface area contributed by atoms with E-state index in [0.717, 1.165) is 35.4 Å². The molecule has 1 aliphatic heterocycles. The van der Waals surface area contributed by atoms with Gasteiger partial charge in [0.05, 0.1) is 25.8 Å². The molecule has 2 aliphatic rings. The molecule has 2 aromatic carbocycles. The Bertz CT molecular complexity index is 1070. The van der Waals surface area contributed by atoms with Gasteiger partial charge in [0.15, 0.2) is 0 Å². The summed E-state index contributed by atoms with van der Waals surface area (Å²) in [6, 6.07) is 16.1. The third kappa shape index (κ3) is 6.19. The van der Waals surface area contributed by atoms with Gasteiger partial charge < -0.3 is 19.1 Å². The second-order valence-corrected chi connectivity index (χ2v) is 9.98. The summed E-state index contributed by atoms with van der Waals surface area (Å²) in [5.74, 6) is 0.500. The highest BCUT2D eigenvalue weighted by Gasteiger charge is 2.37. The number of fused-ring (bicyclic) bond motifs is 1. The minimum atomic E-state index is -0.522. The molecule has 1 atom stereocenters. The van der Waals surface area contributed by atoms with Crippen molar-refractivity contribution in [1.82, 2.24) is 0 Å². The van der Waals surface area contributed by atoms with Crippen molar-refractivity contribution in [2.45, 2.75) is 58.3 Å². The number of ether oxygens (including phenoxy) is 3. The third-order valence-corrected chi connectivity index (χ3v) is 5.91. The highest BCUT2D eigenvalue weighted by molar-refractivity contribution is 5.83.